The van der Waals surface area contributed by atoms with Gasteiger partial charge in [-0.25, -0.2) is 0 Å². The smallest absolute Gasteiger partial charge is 0.260 e. The van der Waals surface area contributed by atoms with Crippen molar-refractivity contribution in [3.05, 3.63) is 124 Å². The van der Waals surface area contributed by atoms with E-state index in [1.165, 1.54) is 12.0 Å². The number of nitrogens with one attached hydrogen (secondary N) is 1. The summed E-state index contributed by atoms with van der Waals surface area (Å²) >= 11 is 6.68. The number of fused-ring (bicyclic) bond motifs is 4. The van der Waals surface area contributed by atoms with Crippen molar-refractivity contribution in [3.63, 3.8) is 0 Å². The molecular formula is C44H41ClN4O7. The number of morpholine rings is 1. The number of carbonyl (C=O) groups is 4. The minimum absolute atomic E-state index is 0.0146. The quantitative estimate of drug-likeness (QED) is 0.162. The lowest BCUT2D eigenvalue weighted by atomic mass is 9.49. The largest absolute Gasteiger partial charge is 0.503 e. The van der Waals surface area contributed by atoms with Crippen LogP contribution >= 0.6 is 11.6 Å². The zero-order valence-electron chi connectivity index (χ0n) is 31.0. The minimum atomic E-state index is -1.49. The van der Waals surface area contributed by atoms with Crippen molar-refractivity contribution in [1.29, 1.82) is 0 Å². The number of ether oxygens (including phenoxy) is 2. The number of carbonyl (C=O) groups excluding carboxylic acids is 4. The van der Waals surface area contributed by atoms with Gasteiger partial charge in [-0.15, -0.1) is 0 Å². The van der Waals surface area contributed by atoms with Crippen LogP contribution in [0.25, 0.3) is 0 Å². The molecule has 0 unspecified atom stereocenters. The highest BCUT2D eigenvalue weighted by Crippen LogP contribution is 2.64. The molecule has 11 nitrogen and oxygen atoms in total. The number of hydrazine groups is 1. The summed E-state index contributed by atoms with van der Waals surface area (Å²) in [6.07, 6.45) is 2.42. The number of aryl methyl sites for hydroxylation is 1. The van der Waals surface area contributed by atoms with Gasteiger partial charge in [0.1, 0.15) is 0 Å². The molecule has 56 heavy (non-hydrogen) atoms. The normalized spacial score (nSPS) is 27.2. The lowest BCUT2D eigenvalue weighted by molar-refractivity contribution is -0.138. The van der Waals surface area contributed by atoms with E-state index < -0.39 is 46.8 Å². The topological polar surface area (TPSA) is 129 Å². The van der Waals surface area contributed by atoms with Crippen LogP contribution in [0.3, 0.4) is 0 Å². The number of anilines is 3. The molecular weight excluding hydrogens is 732 g/mol. The zero-order chi connectivity index (χ0) is 38.9. The fraction of sp³-hybridized carbons (Fsp3) is 0.318. The highest BCUT2D eigenvalue weighted by Gasteiger charge is 2.70. The Kier molecular flexibility index (Phi) is 8.89. The molecule has 0 spiro atoms. The van der Waals surface area contributed by atoms with Gasteiger partial charge >= 0.3 is 0 Å². The summed E-state index contributed by atoms with van der Waals surface area (Å²) in [6, 6.07) is 27.4. The SMILES string of the molecule is COc1cc([C@H]2C3=CC[C@@H]4C(=O)N(c5ccc(N6CCOCC6)cc5)C(=O)[C@@H]4[C@@H]3C[C@H]3C(=O)N(Nc4ccc(C)cc4)C(=O)[C@@]23c2ccccc2)cc(Cl)c1O. The lowest BCUT2D eigenvalue weighted by Crippen LogP contribution is -2.53. The van der Waals surface area contributed by atoms with Crippen molar-refractivity contribution in [2.24, 2.45) is 23.7 Å². The third kappa shape index (κ3) is 5.43. The maximum atomic E-state index is 15.4. The Labute approximate surface area is 329 Å². The molecule has 4 amide bonds. The van der Waals surface area contributed by atoms with Gasteiger partial charge in [-0.3, -0.25) is 29.5 Å². The molecule has 12 heteroatoms. The van der Waals surface area contributed by atoms with Gasteiger partial charge in [0.25, 0.3) is 11.8 Å². The number of amides is 4. The number of imide groups is 2. The van der Waals surface area contributed by atoms with Crippen molar-refractivity contribution in [2.45, 2.75) is 31.1 Å². The van der Waals surface area contributed by atoms with Crippen LogP contribution in [-0.2, 0) is 29.3 Å². The monoisotopic (exact) mass is 772 g/mol. The number of phenols is 1. The molecule has 5 aliphatic rings. The number of rotatable bonds is 7. The van der Waals surface area contributed by atoms with Gasteiger partial charge in [0, 0.05) is 24.7 Å². The van der Waals surface area contributed by atoms with E-state index >= 15 is 4.79 Å². The Morgan fingerprint density at radius 3 is 2.25 bits per heavy atom. The Morgan fingerprint density at radius 2 is 1.55 bits per heavy atom. The first-order chi connectivity index (χ1) is 27.1. The molecule has 0 aromatic heterocycles. The van der Waals surface area contributed by atoms with Crippen molar-refractivity contribution >= 4 is 52.3 Å². The van der Waals surface area contributed by atoms with Crippen molar-refractivity contribution in [2.75, 3.05) is 48.6 Å². The molecule has 3 aliphatic heterocycles. The highest BCUT2D eigenvalue weighted by molar-refractivity contribution is 6.32. The van der Waals surface area contributed by atoms with Crippen molar-refractivity contribution in [1.82, 2.24) is 5.01 Å². The van der Waals surface area contributed by atoms with E-state index in [0.717, 1.165) is 34.9 Å². The molecule has 4 aromatic carbocycles. The summed E-state index contributed by atoms with van der Waals surface area (Å²) < 4.78 is 11.1. The summed E-state index contributed by atoms with van der Waals surface area (Å²) in [7, 11) is 1.42. The van der Waals surface area contributed by atoms with Crippen LogP contribution in [0.1, 0.15) is 35.4 Å². The van der Waals surface area contributed by atoms with Crippen molar-refractivity contribution in [3.8, 4) is 11.5 Å². The second-order valence-corrected chi connectivity index (χ2v) is 15.7. The summed E-state index contributed by atoms with van der Waals surface area (Å²) in [5, 5.41) is 12.0. The Hall–Kier alpha value is -5.65. The predicted octanol–water partition coefficient (Wildman–Crippen LogP) is 6.39. The second-order valence-electron chi connectivity index (χ2n) is 15.3. The fourth-order valence-electron chi connectivity index (χ4n) is 9.93. The van der Waals surface area contributed by atoms with E-state index in [2.05, 4.69) is 10.3 Å². The van der Waals surface area contributed by atoms with E-state index in [0.29, 0.717) is 35.7 Å². The molecule has 0 radical (unpaired) electrons. The minimum Gasteiger partial charge on any atom is -0.503 e. The lowest BCUT2D eigenvalue weighted by Gasteiger charge is -2.50. The molecule has 4 aromatic rings. The van der Waals surface area contributed by atoms with Gasteiger partial charge in [0.15, 0.2) is 11.5 Å². The molecule has 2 aliphatic carbocycles. The summed E-state index contributed by atoms with van der Waals surface area (Å²) in [5.74, 6) is -5.39. The first-order valence-corrected chi connectivity index (χ1v) is 19.4. The van der Waals surface area contributed by atoms with Gasteiger partial charge in [-0.1, -0.05) is 71.3 Å². The molecule has 9 rings (SSSR count). The maximum absolute atomic E-state index is 15.4. The van der Waals surface area contributed by atoms with Crippen LogP contribution in [-0.4, -0.2) is 67.2 Å². The maximum Gasteiger partial charge on any atom is 0.260 e. The van der Waals surface area contributed by atoms with E-state index in [-0.39, 0.29) is 41.2 Å². The second kappa shape index (κ2) is 13.8. The number of hydrogen-bond donors (Lipinski definition) is 2. The Bertz CT molecular complexity index is 2270. The first kappa shape index (κ1) is 36.0. The van der Waals surface area contributed by atoms with Crippen LogP contribution in [0.4, 0.5) is 17.1 Å². The molecule has 4 fully saturated rings. The number of methoxy groups -OCH3 is 1. The first-order valence-electron chi connectivity index (χ1n) is 19.0. The van der Waals surface area contributed by atoms with Gasteiger partial charge in [-0.2, -0.15) is 5.01 Å². The van der Waals surface area contributed by atoms with Gasteiger partial charge < -0.3 is 19.5 Å². The standard InChI is InChI=1S/C44H41ClN4O7/c1-25-8-10-28(11-9-25)46-49-41(52)34-24-33-31(38(26-22-35(45)39(50)36(23-26)55-2)44(34,43(49)54)27-6-4-3-5-7-27)16-17-32-37(33)42(53)48(40(32)51)30-14-12-29(13-15-30)47-18-20-56-21-19-47/h3-16,22-23,32-34,37-38,46,50H,17-21,24H2,1-2H3/t32-,33+,34-,37-,38-,44+/m0/s1. The van der Waals surface area contributed by atoms with Crippen LogP contribution in [0.5, 0.6) is 11.5 Å². The number of allylic oxidation sites excluding steroid dienone is 2. The fourth-order valence-corrected chi connectivity index (χ4v) is 10.1. The van der Waals surface area contributed by atoms with Gasteiger partial charge in [0.05, 0.1) is 59.9 Å². The summed E-state index contributed by atoms with van der Waals surface area (Å²) in [6.45, 7) is 4.73. The molecule has 0 bridgehead atoms. The zero-order valence-corrected chi connectivity index (χ0v) is 31.7. The number of aromatic hydroxyl groups is 1. The number of phenolic OH excluding ortho intramolecular Hbond substituents is 1. The summed E-state index contributed by atoms with van der Waals surface area (Å²) in [4.78, 5) is 62.9. The van der Waals surface area contributed by atoms with Crippen LogP contribution < -0.4 is 20.0 Å². The Morgan fingerprint density at radius 1 is 0.857 bits per heavy atom. The van der Waals surface area contributed by atoms with E-state index in [4.69, 9.17) is 21.1 Å². The summed E-state index contributed by atoms with van der Waals surface area (Å²) in [5.41, 5.74) is 6.64. The van der Waals surface area contributed by atoms with Crippen LogP contribution in [0.15, 0.2) is 103 Å². The number of halogens is 1. The van der Waals surface area contributed by atoms with Crippen LogP contribution in [0, 0.1) is 30.6 Å². The third-order valence-corrected chi connectivity index (χ3v) is 12.8. The average Bonchev–Trinajstić information content (AvgIpc) is 3.61. The third-order valence-electron chi connectivity index (χ3n) is 12.5. The Balaban J connectivity index is 1.18. The molecule has 6 atom stereocenters. The van der Waals surface area contributed by atoms with Gasteiger partial charge in [-0.05, 0) is 85.3 Å². The van der Waals surface area contributed by atoms with E-state index in [1.807, 2.05) is 91.9 Å². The molecule has 286 valence electrons. The van der Waals surface area contributed by atoms with Crippen LogP contribution in [0.2, 0.25) is 5.02 Å². The number of nitrogens with zero attached hydrogens (tertiary/aromatic N) is 3. The number of hydrogen-bond acceptors (Lipinski definition) is 9. The van der Waals surface area contributed by atoms with Crippen molar-refractivity contribution < 1.29 is 33.8 Å². The molecule has 3 heterocycles. The van der Waals surface area contributed by atoms with E-state index in [1.54, 1.807) is 12.1 Å². The van der Waals surface area contributed by atoms with E-state index in [9.17, 15) is 19.5 Å². The number of benzene rings is 4. The predicted molar refractivity (Wildman–Crippen MR) is 210 cm³/mol. The average molecular weight is 773 g/mol. The molecule has 1 saturated carbocycles. The molecule has 3 saturated heterocycles. The highest BCUT2D eigenvalue weighted by atomic mass is 35.5. The van der Waals surface area contributed by atoms with Gasteiger partial charge in [0.2, 0.25) is 11.8 Å². The molecule has 2 N–H and O–H groups in total.